The predicted octanol–water partition coefficient (Wildman–Crippen LogP) is 0.0999. The second-order valence-electron chi connectivity index (χ2n) is 2.42. The summed E-state index contributed by atoms with van der Waals surface area (Å²) in [5.74, 6) is -7.26. The van der Waals surface area contributed by atoms with Gasteiger partial charge in [0.25, 0.3) is 0 Å². The maximum absolute atomic E-state index is 12.0. The van der Waals surface area contributed by atoms with E-state index in [0.717, 1.165) is 0 Å². The van der Waals surface area contributed by atoms with Crippen molar-refractivity contribution < 1.29 is 39.9 Å². The van der Waals surface area contributed by atoms with E-state index in [1.54, 1.807) is 0 Å². The molecule has 10 heteroatoms. The van der Waals surface area contributed by atoms with Crippen molar-refractivity contribution in [1.82, 2.24) is 0 Å². The van der Waals surface area contributed by atoms with Gasteiger partial charge in [0, 0.05) is 0 Å². The first-order valence-electron chi connectivity index (χ1n) is 3.23. The Hall–Kier alpha value is -1.16. The van der Waals surface area contributed by atoms with Crippen molar-refractivity contribution in [2.24, 2.45) is 5.92 Å². The molecule has 0 bridgehead atoms. The number of hydrogen-bond donors (Lipinski definition) is 1. The summed E-state index contributed by atoms with van der Waals surface area (Å²) in [5.41, 5.74) is 0. The van der Waals surface area contributed by atoms with Crippen LogP contribution in [0.25, 0.3) is 0 Å². The number of hydrogen-bond acceptors (Lipinski definition) is 5. The zero-order valence-corrected chi connectivity index (χ0v) is 7.92. The molecule has 1 atom stereocenters. The number of Topliss-reactive ketones (excluding diaryl/α,β-unsaturated/α-hetero) is 1. The molecular formula is C5H5F3O6S. The monoisotopic (exact) mass is 250 g/mol. The Labute approximate surface area is 82.0 Å². The van der Waals surface area contributed by atoms with E-state index in [-0.39, 0.29) is 0 Å². The maximum atomic E-state index is 12.0. The summed E-state index contributed by atoms with van der Waals surface area (Å²) < 4.78 is 66.8. The van der Waals surface area contributed by atoms with Gasteiger partial charge in [0.1, 0.15) is 0 Å². The molecule has 0 aliphatic carbocycles. The minimum Gasteiger partial charge on any atom is -0.324 e. The van der Waals surface area contributed by atoms with Crippen LogP contribution in [0, 0.1) is 5.92 Å². The van der Waals surface area contributed by atoms with Crippen LogP contribution in [0.3, 0.4) is 0 Å². The molecule has 0 aromatic heterocycles. The second kappa shape index (κ2) is 4.14. The average Bonchev–Trinajstić information content (AvgIpc) is 1.74. The molecule has 0 saturated carbocycles. The first-order valence-corrected chi connectivity index (χ1v) is 4.59. The average molecular weight is 250 g/mol. The molecule has 0 aromatic carbocycles. The lowest BCUT2D eigenvalue weighted by Gasteiger charge is -2.14. The van der Waals surface area contributed by atoms with Crippen LogP contribution >= 0.6 is 0 Å². The van der Waals surface area contributed by atoms with E-state index >= 15 is 0 Å². The Morgan fingerprint density at radius 3 is 1.93 bits per heavy atom. The molecule has 1 N–H and O–H groups in total. The quantitative estimate of drug-likeness (QED) is 0.563. The van der Waals surface area contributed by atoms with Crippen molar-refractivity contribution in [3.8, 4) is 0 Å². The molecule has 0 rings (SSSR count). The largest absolute Gasteiger partial charge is 0.449 e. The van der Waals surface area contributed by atoms with E-state index in [9.17, 15) is 31.2 Å². The molecule has 6 nitrogen and oxygen atoms in total. The number of halogens is 3. The number of ketones is 1. The highest BCUT2D eigenvalue weighted by Gasteiger charge is 2.50. The summed E-state index contributed by atoms with van der Waals surface area (Å²) in [6.07, 6.45) is -5.27. The van der Waals surface area contributed by atoms with Crippen LogP contribution < -0.4 is 0 Å². The summed E-state index contributed by atoms with van der Waals surface area (Å²) in [7, 11) is -5.36. The van der Waals surface area contributed by atoms with E-state index < -0.39 is 34.2 Å². The van der Waals surface area contributed by atoms with Gasteiger partial charge in [-0.25, -0.2) is 4.79 Å². The van der Waals surface area contributed by atoms with E-state index in [2.05, 4.69) is 4.18 Å². The lowest BCUT2D eigenvalue weighted by Crippen LogP contribution is -2.38. The Balaban J connectivity index is 4.99. The molecule has 0 heterocycles. The number of carbonyl (C=O) groups is 2. The zero-order chi connectivity index (χ0) is 12.4. The molecule has 0 amide bonds. The first-order chi connectivity index (χ1) is 6.45. The summed E-state index contributed by atoms with van der Waals surface area (Å²) >= 11 is 0. The van der Waals surface area contributed by atoms with Crippen LogP contribution in [0.5, 0.6) is 0 Å². The third-order valence-corrected chi connectivity index (χ3v) is 1.53. The molecule has 1 unspecified atom stereocenters. The Bertz CT molecular complexity index is 369. The van der Waals surface area contributed by atoms with Crippen molar-refractivity contribution in [2.75, 3.05) is 0 Å². The van der Waals surface area contributed by atoms with Crippen molar-refractivity contribution in [1.29, 1.82) is 0 Å². The lowest BCUT2D eigenvalue weighted by molar-refractivity contribution is -0.192. The van der Waals surface area contributed by atoms with Crippen LogP contribution in [0.2, 0.25) is 0 Å². The molecule has 0 fully saturated rings. The van der Waals surface area contributed by atoms with Gasteiger partial charge in [-0.05, 0) is 6.92 Å². The zero-order valence-electron chi connectivity index (χ0n) is 7.11. The molecule has 0 saturated heterocycles. The molecule has 15 heavy (non-hydrogen) atoms. The topological polar surface area (TPSA) is 97.7 Å². The Morgan fingerprint density at radius 1 is 1.33 bits per heavy atom. The predicted molar refractivity (Wildman–Crippen MR) is 37.9 cm³/mol. The molecule has 0 aromatic rings. The van der Waals surface area contributed by atoms with E-state index in [4.69, 9.17) is 4.55 Å². The first kappa shape index (κ1) is 13.8. The van der Waals surface area contributed by atoms with Crippen molar-refractivity contribution >= 4 is 22.2 Å². The van der Waals surface area contributed by atoms with Crippen LogP contribution in [0.1, 0.15) is 6.92 Å². The van der Waals surface area contributed by atoms with E-state index in [0.29, 0.717) is 6.92 Å². The van der Waals surface area contributed by atoms with Gasteiger partial charge < -0.3 is 4.18 Å². The van der Waals surface area contributed by atoms with Gasteiger partial charge >= 0.3 is 22.5 Å². The molecule has 0 spiro atoms. The third-order valence-electron chi connectivity index (χ3n) is 1.16. The van der Waals surface area contributed by atoms with Crippen LogP contribution in [-0.4, -0.2) is 30.9 Å². The fraction of sp³-hybridized carbons (Fsp3) is 0.600. The lowest BCUT2D eigenvalue weighted by atomic mass is 10.1. The molecule has 0 aliphatic heterocycles. The fourth-order valence-corrected chi connectivity index (χ4v) is 0.986. The van der Waals surface area contributed by atoms with Gasteiger partial charge in [0.2, 0.25) is 5.92 Å². The van der Waals surface area contributed by atoms with E-state index in [1.807, 2.05) is 0 Å². The molecular weight excluding hydrogens is 245 g/mol. The standard InChI is InChI=1S/C5H5F3O6S/c1-2(9)3(5(6,7)8)4(10)14-15(11,12)13/h3H,1H3,(H,11,12,13). The Morgan fingerprint density at radius 2 is 1.73 bits per heavy atom. The summed E-state index contributed by atoms with van der Waals surface area (Å²) in [4.78, 5) is 21.0. The maximum Gasteiger partial charge on any atom is 0.449 e. The number of carbonyl (C=O) groups excluding carboxylic acids is 2. The summed E-state index contributed by atoms with van der Waals surface area (Å²) in [6.45, 7) is 0.434. The molecule has 0 aliphatic rings. The highest BCUT2D eigenvalue weighted by atomic mass is 32.3. The van der Waals surface area contributed by atoms with Gasteiger partial charge in [-0.3, -0.25) is 9.35 Å². The minimum absolute atomic E-state index is 0.434. The van der Waals surface area contributed by atoms with Gasteiger partial charge in [0.05, 0.1) is 0 Å². The van der Waals surface area contributed by atoms with Crippen LogP contribution in [0.4, 0.5) is 13.2 Å². The van der Waals surface area contributed by atoms with E-state index in [1.165, 1.54) is 0 Å². The number of rotatable bonds is 3. The highest BCUT2D eigenvalue weighted by Crippen LogP contribution is 2.28. The smallest absolute Gasteiger partial charge is 0.324 e. The SMILES string of the molecule is CC(=O)C(C(=O)OS(=O)(=O)O)C(F)(F)F. The van der Waals surface area contributed by atoms with Gasteiger partial charge in [-0.15, -0.1) is 0 Å². The summed E-state index contributed by atoms with van der Waals surface area (Å²) in [6, 6.07) is 0. The second-order valence-corrected chi connectivity index (χ2v) is 3.44. The summed E-state index contributed by atoms with van der Waals surface area (Å²) in [5, 5.41) is 0. The van der Waals surface area contributed by atoms with Gasteiger partial charge in [-0.2, -0.15) is 21.6 Å². The number of alkyl halides is 3. The van der Waals surface area contributed by atoms with Crippen molar-refractivity contribution in [3.05, 3.63) is 0 Å². The Kier molecular flexibility index (Phi) is 3.82. The molecule has 88 valence electrons. The normalized spacial score (nSPS) is 14.5. The molecule has 0 radical (unpaired) electrons. The van der Waals surface area contributed by atoms with Crippen LogP contribution in [0.15, 0.2) is 0 Å². The van der Waals surface area contributed by atoms with Crippen molar-refractivity contribution in [3.63, 3.8) is 0 Å². The van der Waals surface area contributed by atoms with Crippen molar-refractivity contribution in [2.45, 2.75) is 13.1 Å². The minimum atomic E-state index is -5.36. The van der Waals surface area contributed by atoms with Crippen LogP contribution in [-0.2, 0) is 24.2 Å². The third kappa shape index (κ3) is 4.74. The van der Waals surface area contributed by atoms with Gasteiger partial charge in [-0.1, -0.05) is 0 Å². The highest BCUT2D eigenvalue weighted by molar-refractivity contribution is 7.81. The fourth-order valence-electron chi connectivity index (χ4n) is 0.682. The van der Waals surface area contributed by atoms with Gasteiger partial charge in [0.15, 0.2) is 5.78 Å².